The smallest absolute Gasteiger partial charge is 0.151 e. The van der Waals surface area contributed by atoms with E-state index in [1.54, 1.807) is 6.07 Å². The Morgan fingerprint density at radius 2 is 2.13 bits per heavy atom. The van der Waals surface area contributed by atoms with Gasteiger partial charge in [0.15, 0.2) is 5.82 Å². The molecule has 0 saturated carbocycles. The first-order chi connectivity index (χ1) is 10.2. The molecule has 1 aromatic heterocycles. The lowest BCUT2D eigenvalue weighted by atomic mass is 10.1. The maximum absolute atomic E-state index is 13.9. The second-order valence-electron chi connectivity index (χ2n) is 5.74. The van der Waals surface area contributed by atoms with Gasteiger partial charge in [0.25, 0.3) is 0 Å². The van der Waals surface area contributed by atoms with Gasteiger partial charge in [-0.15, -0.1) is 24.8 Å². The Balaban J connectivity index is 0.00000132. The molecule has 23 heavy (non-hydrogen) atoms. The van der Waals surface area contributed by atoms with E-state index in [-0.39, 0.29) is 30.6 Å². The first kappa shape index (κ1) is 20.2. The van der Waals surface area contributed by atoms with Gasteiger partial charge in [-0.2, -0.15) is 0 Å². The number of nitrogens with zero attached hydrogens (tertiary/aromatic N) is 3. The first-order valence-electron chi connectivity index (χ1n) is 7.76. The standard InChI is InChI=1S/C16H23FN4.2ClH/c1-3-21-14-8-4-7-13(17)16(14)19-15(21)11-20-9-5-6-12(10-20)18-2;;/h4,7-8,12,18H,3,5-6,9-11H2,1-2H3;2*1H. The summed E-state index contributed by atoms with van der Waals surface area (Å²) in [6, 6.07) is 5.74. The summed E-state index contributed by atoms with van der Waals surface area (Å²) in [6.45, 7) is 5.82. The van der Waals surface area contributed by atoms with Crippen molar-refractivity contribution in [2.24, 2.45) is 0 Å². The molecule has 0 amide bonds. The van der Waals surface area contributed by atoms with E-state index in [4.69, 9.17) is 0 Å². The molecule has 1 unspecified atom stereocenters. The molecule has 1 N–H and O–H groups in total. The zero-order chi connectivity index (χ0) is 14.8. The number of likely N-dealkylation sites (tertiary alicyclic amines) is 1. The van der Waals surface area contributed by atoms with Crippen molar-refractivity contribution in [3.8, 4) is 0 Å². The van der Waals surface area contributed by atoms with Gasteiger partial charge in [0.05, 0.1) is 12.1 Å². The number of aromatic nitrogens is 2. The molecule has 1 aromatic carbocycles. The van der Waals surface area contributed by atoms with Crippen molar-refractivity contribution in [1.82, 2.24) is 19.8 Å². The van der Waals surface area contributed by atoms with Crippen LogP contribution in [0.15, 0.2) is 18.2 Å². The summed E-state index contributed by atoms with van der Waals surface area (Å²) in [5, 5.41) is 3.36. The Morgan fingerprint density at radius 1 is 1.35 bits per heavy atom. The highest BCUT2D eigenvalue weighted by molar-refractivity contribution is 5.85. The van der Waals surface area contributed by atoms with Crippen molar-refractivity contribution in [3.05, 3.63) is 29.8 Å². The molecule has 3 rings (SSSR count). The number of halogens is 3. The SMILES string of the molecule is CCn1c(CN2CCCC(NC)C2)nc2c(F)cccc21.Cl.Cl. The topological polar surface area (TPSA) is 33.1 Å². The maximum Gasteiger partial charge on any atom is 0.151 e. The molecule has 1 fully saturated rings. The van der Waals surface area contributed by atoms with Crippen LogP contribution in [0.5, 0.6) is 0 Å². The van der Waals surface area contributed by atoms with Crippen LogP contribution in [0.1, 0.15) is 25.6 Å². The summed E-state index contributed by atoms with van der Waals surface area (Å²) in [4.78, 5) is 6.97. The zero-order valence-corrected chi connectivity index (χ0v) is 15.2. The number of imidazole rings is 1. The molecule has 1 saturated heterocycles. The molecule has 1 aliphatic heterocycles. The predicted octanol–water partition coefficient (Wildman–Crippen LogP) is 3.22. The largest absolute Gasteiger partial charge is 0.327 e. The zero-order valence-electron chi connectivity index (χ0n) is 13.6. The molecule has 0 bridgehead atoms. The average molecular weight is 363 g/mol. The molecule has 0 aliphatic carbocycles. The van der Waals surface area contributed by atoms with Crippen LogP contribution in [-0.4, -0.2) is 40.6 Å². The van der Waals surface area contributed by atoms with Crippen LogP contribution in [0.3, 0.4) is 0 Å². The number of hydrogen-bond donors (Lipinski definition) is 1. The summed E-state index contributed by atoms with van der Waals surface area (Å²) in [7, 11) is 2.02. The van der Waals surface area contributed by atoms with E-state index in [0.717, 1.165) is 37.5 Å². The monoisotopic (exact) mass is 362 g/mol. The number of nitrogens with one attached hydrogen (secondary N) is 1. The second-order valence-corrected chi connectivity index (χ2v) is 5.74. The van der Waals surface area contributed by atoms with Gasteiger partial charge >= 0.3 is 0 Å². The van der Waals surface area contributed by atoms with Gasteiger partial charge in [0, 0.05) is 19.1 Å². The Morgan fingerprint density at radius 3 is 2.83 bits per heavy atom. The number of benzene rings is 1. The normalized spacial score (nSPS) is 18.5. The lowest BCUT2D eigenvalue weighted by Crippen LogP contribution is -2.44. The van der Waals surface area contributed by atoms with E-state index in [1.807, 2.05) is 13.1 Å². The fourth-order valence-corrected chi connectivity index (χ4v) is 3.27. The third kappa shape index (κ3) is 4.15. The lowest BCUT2D eigenvalue weighted by Gasteiger charge is -2.32. The number of likely N-dealkylation sites (N-methyl/N-ethyl adjacent to an activating group) is 1. The lowest BCUT2D eigenvalue weighted by molar-refractivity contribution is 0.182. The average Bonchev–Trinajstić information content (AvgIpc) is 2.86. The third-order valence-corrected chi connectivity index (χ3v) is 4.40. The predicted molar refractivity (Wildman–Crippen MR) is 97.2 cm³/mol. The molecule has 1 aliphatic rings. The summed E-state index contributed by atoms with van der Waals surface area (Å²) in [5.41, 5.74) is 1.39. The van der Waals surface area contributed by atoms with E-state index in [0.29, 0.717) is 11.6 Å². The molecule has 2 heterocycles. The van der Waals surface area contributed by atoms with Crippen LogP contribution in [-0.2, 0) is 13.1 Å². The van der Waals surface area contributed by atoms with E-state index < -0.39 is 0 Å². The summed E-state index contributed by atoms with van der Waals surface area (Å²) in [5.74, 6) is 0.738. The molecule has 4 nitrogen and oxygen atoms in total. The Kier molecular flexibility index (Phi) is 7.74. The number of aryl methyl sites for hydroxylation is 1. The molecule has 1 atom stereocenters. The minimum Gasteiger partial charge on any atom is -0.327 e. The van der Waals surface area contributed by atoms with Crippen molar-refractivity contribution in [2.45, 2.75) is 38.9 Å². The summed E-state index contributed by atoms with van der Waals surface area (Å²) < 4.78 is 16.0. The highest BCUT2D eigenvalue weighted by Gasteiger charge is 2.21. The number of hydrogen-bond acceptors (Lipinski definition) is 3. The first-order valence-corrected chi connectivity index (χ1v) is 7.76. The van der Waals surface area contributed by atoms with Crippen LogP contribution < -0.4 is 5.32 Å². The van der Waals surface area contributed by atoms with E-state index in [2.05, 4.69) is 26.7 Å². The molecular weight excluding hydrogens is 338 g/mol. The molecule has 0 spiro atoms. The number of rotatable bonds is 4. The summed E-state index contributed by atoms with van der Waals surface area (Å²) >= 11 is 0. The van der Waals surface area contributed by atoms with Gasteiger partial charge in [-0.3, -0.25) is 4.90 Å². The Labute approximate surface area is 149 Å². The quantitative estimate of drug-likeness (QED) is 0.906. The van der Waals surface area contributed by atoms with Gasteiger partial charge < -0.3 is 9.88 Å². The van der Waals surface area contributed by atoms with Crippen molar-refractivity contribution in [3.63, 3.8) is 0 Å². The van der Waals surface area contributed by atoms with Crippen LogP contribution in [0, 0.1) is 5.82 Å². The fourth-order valence-electron chi connectivity index (χ4n) is 3.27. The van der Waals surface area contributed by atoms with Gasteiger partial charge in [-0.1, -0.05) is 6.07 Å². The number of fused-ring (bicyclic) bond motifs is 1. The van der Waals surface area contributed by atoms with Crippen LogP contribution in [0.4, 0.5) is 4.39 Å². The van der Waals surface area contributed by atoms with Crippen molar-refractivity contribution < 1.29 is 4.39 Å². The van der Waals surface area contributed by atoms with Crippen LogP contribution in [0.2, 0.25) is 0 Å². The van der Waals surface area contributed by atoms with Crippen molar-refractivity contribution in [2.75, 3.05) is 20.1 Å². The van der Waals surface area contributed by atoms with E-state index in [1.165, 1.54) is 18.9 Å². The minimum atomic E-state index is -0.229. The molecule has 2 aromatic rings. The highest BCUT2D eigenvalue weighted by Crippen LogP contribution is 2.21. The molecule has 130 valence electrons. The Bertz CT molecular complexity index is 632. The van der Waals surface area contributed by atoms with E-state index in [9.17, 15) is 4.39 Å². The fraction of sp³-hybridized carbons (Fsp3) is 0.562. The van der Waals surface area contributed by atoms with Gasteiger partial charge in [0.1, 0.15) is 11.3 Å². The number of piperidine rings is 1. The van der Waals surface area contributed by atoms with Gasteiger partial charge in [-0.05, 0) is 45.5 Å². The summed E-state index contributed by atoms with van der Waals surface area (Å²) in [6.07, 6.45) is 2.43. The van der Waals surface area contributed by atoms with Crippen LogP contribution in [0.25, 0.3) is 11.0 Å². The maximum atomic E-state index is 13.9. The second kappa shape index (κ2) is 8.83. The van der Waals surface area contributed by atoms with Gasteiger partial charge in [0.2, 0.25) is 0 Å². The molecule has 0 radical (unpaired) electrons. The minimum absolute atomic E-state index is 0. The molecular formula is C16H25Cl2FN4. The Hall–Kier alpha value is -0.880. The van der Waals surface area contributed by atoms with Crippen LogP contribution >= 0.6 is 24.8 Å². The van der Waals surface area contributed by atoms with Gasteiger partial charge in [-0.25, -0.2) is 9.37 Å². The van der Waals surface area contributed by atoms with E-state index >= 15 is 0 Å². The van der Waals surface area contributed by atoms with Crippen molar-refractivity contribution in [1.29, 1.82) is 0 Å². The van der Waals surface area contributed by atoms with Crippen molar-refractivity contribution >= 4 is 35.8 Å². The molecule has 7 heteroatoms. The highest BCUT2D eigenvalue weighted by atomic mass is 35.5. The third-order valence-electron chi connectivity index (χ3n) is 4.40. The number of para-hydroxylation sites is 1.